The van der Waals surface area contributed by atoms with Crippen LogP contribution in [0.4, 0.5) is 0 Å². The van der Waals surface area contributed by atoms with Crippen molar-refractivity contribution in [1.29, 1.82) is 0 Å². The SMILES string of the molecule is COc1ccc2cc([C@@H](N)C3CCCCC3)ccc2c1. The van der Waals surface area contributed by atoms with Gasteiger partial charge in [-0.15, -0.1) is 0 Å². The fourth-order valence-corrected chi connectivity index (χ4v) is 3.34. The summed E-state index contributed by atoms with van der Waals surface area (Å²) >= 11 is 0. The molecule has 0 radical (unpaired) electrons. The summed E-state index contributed by atoms with van der Waals surface area (Å²) in [5, 5.41) is 2.46. The minimum absolute atomic E-state index is 0.182. The number of nitrogens with two attached hydrogens (primary N) is 1. The van der Waals surface area contributed by atoms with E-state index in [9.17, 15) is 0 Å². The zero-order valence-electron chi connectivity index (χ0n) is 12.1. The predicted molar refractivity (Wildman–Crippen MR) is 84.0 cm³/mol. The minimum atomic E-state index is 0.182. The topological polar surface area (TPSA) is 35.2 Å². The van der Waals surface area contributed by atoms with E-state index in [1.807, 2.05) is 6.07 Å². The molecule has 0 spiro atoms. The Hall–Kier alpha value is -1.54. The molecule has 1 fully saturated rings. The summed E-state index contributed by atoms with van der Waals surface area (Å²) in [5.74, 6) is 1.56. The third-order valence-corrected chi connectivity index (χ3v) is 4.61. The number of fused-ring (bicyclic) bond motifs is 1. The van der Waals surface area contributed by atoms with Gasteiger partial charge in [0.05, 0.1) is 7.11 Å². The summed E-state index contributed by atoms with van der Waals surface area (Å²) < 4.78 is 5.27. The summed E-state index contributed by atoms with van der Waals surface area (Å²) in [6, 6.07) is 13.0. The summed E-state index contributed by atoms with van der Waals surface area (Å²) in [7, 11) is 1.70. The number of rotatable bonds is 3. The molecule has 3 rings (SSSR count). The molecular formula is C18H23NO. The van der Waals surface area contributed by atoms with Gasteiger partial charge in [-0.3, -0.25) is 0 Å². The van der Waals surface area contributed by atoms with Crippen molar-refractivity contribution in [3.8, 4) is 5.75 Å². The Kier molecular flexibility index (Phi) is 3.93. The predicted octanol–water partition coefficient (Wildman–Crippen LogP) is 4.43. The van der Waals surface area contributed by atoms with Crippen LogP contribution >= 0.6 is 0 Å². The van der Waals surface area contributed by atoms with Crippen LogP contribution < -0.4 is 10.5 Å². The van der Waals surface area contributed by atoms with Crippen LogP contribution in [0.5, 0.6) is 5.75 Å². The van der Waals surface area contributed by atoms with Crippen LogP contribution in [0.25, 0.3) is 10.8 Å². The minimum Gasteiger partial charge on any atom is -0.497 e. The van der Waals surface area contributed by atoms with Crippen molar-refractivity contribution in [3.05, 3.63) is 42.0 Å². The Morgan fingerprint density at radius 1 is 1.00 bits per heavy atom. The Morgan fingerprint density at radius 2 is 1.70 bits per heavy atom. The summed E-state index contributed by atoms with van der Waals surface area (Å²) in [5.41, 5.74) is 7.76. The maximum Gasteiger partial charge on any atom is 0.119 e. The number of ether oxygens (including phenoxy) is 1. The van der Waals surface area contributed by atoms with Gasteiger partial charge < -0.3 is 10.5 Å². The summed E-state index contributed by atoms with van der Waals surface area (Å²) in [6.07, 6.45) is 6.61. The fraction of sp³-hybridized carbons (Fsp3) is 0.444. The average Bonchev–Trinajstić information content (AvgIpc) is 2.54. The molecule has 0 heterocycles. The van der Waals surface area contributed by atoms with Crippen LogP contribution in [0, 0.1) is 5.92 Å². The van der Waals surface area contributed by atoms with Gasteiger partial charge in [0.25, 0.3) is 0 Å². The molecule has 0 saturated heterocycles. The van der Waals surface area contributed by atoms with Gasteiger partial charge in [0.2, 0.25) is 0 Å². The molecule has 1 atom stereocenters. The lowest BCUT2D eigenvalue weighted by molar-refractivity contribution is 0.308. The third kappa shape index (κ3) is 2.66. The lowest BCUT2D eigenvalue weighted by Gasteiger charge is -2.28. The van der Waals surface area contributed by atoms with E-state index in [0.717, 1.165) is 5.75 Å². The molecule has 2 heteroatoms. The first-order valence-electron chi connectivity index (χ1n) is 7.61. The summed E-state index contributed by atoms with van der Waals surface area (Å²) in [4.78, 5) is 0. The second-order valence-corrected chi connectivity index (χ2v) is 5.90. The molecular weight excluding hydrogens is 246 g/mol. The van der Waals surface area contributed by atoms with Crippen LogP contribution in [0.1, 0.15) is 43.7 Å². The molecule has 0 aromatic heterocycles. The Bertz CT molecular complexity index is 587. The largest absolute Gasteiger partial charge is 0.497 e. The van der Waals surface area contributed by atoms with Crippen molar-refractivity contribution in [2.75, 3.05) is 7.11 Å². The average molecular weight is 269 g/mol. The molecule has 1 saturated carbocycles. The standard InChI is InChI=1S/C18H23NO/c1-20-17-10-9-14-11-16(8-7-15(14)12-17)18(19)13-5-3-2-4-6-13/h7-13,18H,2-6,19H2,1H3/t18-/m0/s1. The van der Waals surface area contributed by atoms with E-state index in [0.29, 0.717) is 5.92 Å². The van der Waals surface area contributed by atoms with Gasteiger partial charge in [-0.2, -0.15) is 0 Å². The van der Waals surface area contributed by atoms with E-state index in [4.69, 9.17) is 10.5 Å². The highest BCUT2D eigenvalue weighted by atomic mass is 16.5. The van der Waals surface area contributed by atoms with E-state index in [2.05, 4.69) is 30.3 Å². The summed E-state index contributed by atoms with van der Waals surface area (Å²) in [6.45, 7) is 0. The van der Waals surface area contributed by atoms with E-state index in [1.54, 1.807) is 7.11 Å². The van der Waals surface area contributed by atoms with Gasteiger partial charge in [0, 0.05) is 6.04 Å². The van der Waals surface area contributed by atoms with E-state index in [-0.39, 0.29) is 6.04 Å². The fourth-order valence-electron chi connectivity index (χ4n) is 3.34. The third-order valence-electron chi connectivity index (χ3n) is 4.61. The molecule has 0 bridgehead atoms. The van der Waals surface area contributed by atoms with Crippen LogP contribution in [0.2, 0.25) is 0 Å². The second kappa shape index (κ2) is 5.84. The lowest BCUT2D eigenvalue weighted by Crippen LogP contribution is -2.23. The zero-order chi connectivity index (χ0) is 13.9. The van der Waals surface area contributed by atoms with E-state index in [1.165, 1.54) is 48.4 Å². The molecule has 1 aliphatic rings. The molecule has 2 aromatic carbocycles. The van der Waals surface area contributed by atoms with Crippen LogP contribution in [0.15, 0.2) is 36.4 Å². The first-order chi connectivity index (χ1) is 9.78. The molecule has 1 aliphatic carbocycles. The van der Waals surface area contributed by atoms with Crippen LogP contribution in [-0.4, -0.2) is 7.11 Å². The number of hydrogen-bond donors (Lipinski definition) is 1. The molecule has 0 aliphatic heterocycles. The highest BCUT2D eigenvalue weighted by molar-refractivity contribution is 5.84. The normalized spacial score (nSPS) is 18.1. The zero-order valence-corrected chi connectivity index (χ0v) is 12.1. The van der Waals surface area contributed by atoms with Crippen molar-refractivity contribution in [2.45, 2.75) is 38.1 Å². The van der Waals surface area contributed by atoms with E-state index >= 15 is 0 Å². The monoisotopic (exact) mass is 269 g/mol. The highest BCUT2D eigenvalue weighted by Gasteiger charge is 2.21. The van der Waals surface area contributed by atoms with Crippen LogP contribution in [-0.2, 0) is 0 Å². The Morgan fingerprint density at radius 3 is 2.45 bits per heavy atom. The number of benzene rings is 2. The van der Waals surface area contributed by atoms with Gasteiger partial charge in [-0.05, 0) is 53.3 Å². The molecule has 2 nitrogen and oxygen atoms in total. The highest BCUT2D eigenvalue weighted by Crippen LogP contribution is 2.34. The van der Waals surface area contributed by atoms with Gasteiger partial charge in [0.15, 0.2) is 0 Å². The molecule has 0 amide bonds. The van der Waals surface area contributed by atoms with Gasteiger partial charge >= 0.3 is 0 Å². The van der Waals surface area contributed by atoms with Crippen molar-refractivity contribution in [1.82, 2.24) is 0 Å². The molecule has 106 valence electrons. The maximum atomic E-state index is 6.49. The molecule has 2 aromatic rings. The van der Waals surface area contributed by atoms with Crippen molar-refractivity contribution in [2.24, 2.45) is 11.7 Å². The van der Waals surface area contributed by atoms with Gasteiger partial charge in [0.1, 0.15) is 5.75 Å². The van der Waals surface area contributed by atoms with Gasteiger partial charge in [-0.25, -0.2) is 0 Å². The lowest BCUT2D eigenvalue weighted by atomic mass is 9.81. The quantitative estimate of drug-likeness (QED) is 0.894. The first-order valence-corrected chi connectivity index (χ1v) is 7.61. The first kappa shape index (κ1) is 13.4. The smallest absolute Gasteiger partial charge is 0.119 e. The second-order valence-electron chi connectivity index (χ2n) is 5.90. The molecule has 2 N–H and O–H groups in total. The van der Waals surface area contributed by atoms with Crippen molar-refractivity contribution >= 4 is 10.8 Å². The molecule has 20 heavy (non-hydrogen) atoms. The number of methoxy groups -OCH3 is 1. The van der Waals surface area contributed by atoms with E-state index < -0.39 is 0 Å². The Balaban J connectivity index is 1.88. The van der Waals surface area contributed by atoms with Gasteiger partial charge in [-0.1, -0.05) is 37.5 Å². The van der Waals surface area contributed by atoms with Crippen molar-refractivity contribution < 1.29 is 4.74 Å². The number of hydrogen-bond acceptors (Lipinski definition) is 2. The Labute approximate surface area is 120 Å². The molecule has 0 unspecified atom stereocenters. The van der Waals surface area contributed by atoms with Crippen molar-refractivity contribution in [3.63, 3.8) is 0 Å². The van der Waals surface area contributed by atoms with Crippen LogP contribution in [0.3, 0.4) is 0 Å². The maximum absolute atomic E-state index is 6.49.